The molecule has 1 atom stereocenters. The zero-order valence-electron chi connectivity index (χ0n) is 17.5. The highest BCUT2D eigenvalue weighted by molar-refractivity contribution is 9.10. The van der Waals surface area contributed by atoms with Crippen molar-refractivity contribution in [3.63, 3.8) is 0 Å². The molecule has 3 aromatic rings. The highest BCUT2D eigenvalue weighted by Gasteiger charge is 2.25. The van der Waals surface area contributed by atoms with E-state index in [1.807, 2.05) is 24.3 Å². The lowest BCUT2D eigenvalue weighted by atomic mass is 10.1. The lowest BCUT2D eigenvalue weighted by Crippen LogP contribution is -2.51. The number of halogens is 1. The molecule has 1 N–H and O–H groups in total. The minimum atomic E-state index is -3.70. The first-order chi connectivity index (χ1) is 14.9. The van der Waals surface area contributed by atoms with Crippen LogP contribution >= 0.6 is 15.9 Å². The Labute approximate surface area is 192 Å². The van der Waals surface area contributed by atoms with Crippen LogP contribution in [0.5, 0.6) is 0 Å². The molecule has 0 bridgehead atoms. The molecular formula is C23H27BrN4O2S. The quantitative estimate of drug-likeness (QED) is 0.537. The van der Waals surface area contributed by atoms with Crippen LogP contribution in [0.15, 0.2) is 70.3 Å². The molecule has 0 saturated carbocycles. The summed E-state index contributed by atoms with van der Waals surface area (Å²) in [7, 11) is -1.58. The zero-order valence-corrected chi connectivity index (χ0v) is 19.9. The van der Waals surface area contributed by atoms with Crippen molar-refractivity contribution in [1.82, 2.24) is 19.5 Å². The Hall–Kier alpha value is -1.84. The average Bonchev–Trinajstić information content (AvgIpc) is 2.74. The van der Waals surface area contributed by atoms with E-state index in [0.29, 0.717) is 23.2 Å². The molecule has 164 valence electrons. The summed E-state index contributed by atoms with van der Waals surface area (Å²) in [5.74, 6) is 0. The number of hydrogen-bond donors (Lipinski definition) is 1. The standard InChI is InChI=1S/C23H27BrN4O2S/c1-27-10-12-28(13-11-27)17-21(15-18-4-2-6-20(24)14-18)26-31(29,30)23-7-3-5-19-16-25-9-8-22(19)23/h2-9,14,16,21,26H,10-13,15,17H2,1H3/t21-/m1/s1. The molecule has 1 aliphatic rings. The molecule has 0 radical (unpaired) electrons. The van der Waals surface area contributed by atoms with E-state index in [9.17, 15) is 8.42 Å². The number of hydrogen-bond acceptors (Lipinski definition) is 5. The van der Waals surface area contributed by atoms with Crippen LogP contribution in [0.2, 0.25) is 0 Å². The SMILES string of the molecule is CN1CCN(C[C@@H](Cc2cccc(Br)c2)NS(=O)(=O)c2cccc3cnccc23)CC1. The molecule has 0 aliphatic carbocycles. The third-order valence-electron chi connectivity index (χ3n) is 5.70. The number of pyridine rings is 1. The predicted molar refractivity (Wildman–Crippen MR) is 128 cm³/mol. The zero-order chi connectivity index (χ0) is 21.8. The summed E-state index contributed by atoms with van der Waals surface area (Å²) in [4.78, 5) is 9.06. The summed E-state index contributed by atoms with van der Waals surface area (Å²) in [5, 5.41) is 1.50. The molecular weight excluding hydrogens is 476 g/mol. The van der Waals surface area contributed by atoms with Crippen molar-refractivity contribution in [2.75, 3.05) is 39.8 Å². The van der Waals surface area contributed by atoms with Gasteiger partial charge < -0.3 is 4.90 Å². The Bertz CT molecular complexity index is 1140. The third-order valence-corrected chi connectivity index (χ3v) is 7.77. The van der Waals surface area contributed by atoms with Crippen molar-refractivity contribution in [3.8, 4) is 0 Å². The van der Waals surface area contributed by atoms with Gasteiger partial charge in [-0.1, -0.05) is 40.2 Å². The lowest BCUT2D eigenvalue weighted by Gasteiger charge is -2.35. The summed E-state index contributed by atoms with van der Waals surface area (Å²) >= 11 is 3.52. The van der Waals surface area contributed by atoms with Gasteiger partial charge in [0.15, 0.2) is 0 Å². The summed E-state index contributed by atoms with van der Waals surface area (Å²) in [6.45, 7) is 4.53. The topological polar surface area (TPSA) is 65.5 Å². The van der Waals surface area contributed by atoms with Gasteiger partial charge in [-0.05, 0) is 43.3 Å². The fourth-order valence-electron chi connectivity index (χ4n) is 4.04. The van der Waals surface area contributed by atoms with E-state index in [1.165, 1.54) is 0 Å². The molecule has 1 aromatic heterocycles. The number of likely N-dealkylation sites (N-methyl/N-ethyl adjacent to an activating group) is 1. The van der Waals surface area contributed by atoms with Crippen LogP contribution in [0.1, 0.15) is 5.56 Å². The third kappa shape index (κ3) is 5.70. The Kier molecular flexibility index (Phi) is 7.03. The molecule has 1 saturated heterocycles. The van der Waals surface area contributed by atoms with Gasteiger partial charge in [0.1, 0.15) is 0 Å². The Balaban J connectivity index is 1.60. The fraction of sp³-hybridized carbons (Fsp3) is 0.348. The van der Waals surface area contributed by atoms with Crippen molar-refractivity contribution in [3.05, 3.63) is 71.0 Å². The highest BCUT2D eigenvalue weighted by Crippen LogP contribution is 2.23. The molecule has 2 heterocycles. The second kappa shape index (κ2) is 9.75. The van der Waals surface area contributed by atoms with Gasteiger partial charge in [0.05, 0.1) is 4.90 Å². The van der Waals surface area contributed by atoms with Crippen LogP contribution in [0.4, 0.5) is 0 Å². The number of rotatable bonds is 7. The van der Waals surface area contributed by atoms with Crippen molar-refractivity contribution in [1.29, 1.82) is 0 Å². The van der Waals surface area contributed by atoms with Crippen molar-refractivity contribution >= 4 is 36.7 Å². The van der Waals surface area contributed by atoms with Gasteiger partial charge in [-0.25, -0.2) is 13.1 Å². The largest absolute Gasteiger partial charge is 0.304 e. The van der Waals surface area contributed by atoms with Gasteiger partial charge in [0, 0.05) is 66.4 Å². The molecule has 0 unspecified atom stereocenters. The average molecular weight is 503 g/mol. The van der Waals surface area contributed by atoms with Crippen LogP contribution < -0.4 is 4.72 Å². The summed E-state index contributed by atoms with van der Waals surface area (Å²) < 4.78 is 30.9. The van der Waals surface area contributed by atoms with Crippen LogP contribution in [-0.2, 0) is 16.4 Å². The first-order valence-electron chi connectivity index (χ1n) is 10.4. The minimum absolute atomic E-state index is 0.236. The Morgan fingerprint density at radius 1 is 1.10 bits per heavy atom. The number of nitrogens with zero attached hydrogens (tertiary/aromatic N) is 3. The number of nitrogens with one attached hydrogen (secondary N) is 1. The van der Waals surface area contributed by atoms with E-state index in [1.54, 1.807) is 30.6 Å². The maximum atomic E-state index is 13.4. The van der Waals surface area contributed by atoms with E-state index >= 15 is 0 Å². The lowest BCUT2D eigenvalue weighted by molar-refractivity contribution is 0.145. The number of sulfonamides is 1. The molecule has 31 heavy (non-hydrogen) atoms. The van der Waals surface area contributed by atoms with E-state index in [2.05, 4.69) is 48.5 Å². The summed E-state index contributed by atoms with van der Waals surface area (Å²) in [6.07, 6.45) is 3.94. The van der Waals surface area contributed by atoms with E-state index in [4.69, 9.17) is 0 Å². The van der Waals surface area contributed by atoms with E-state index < -0.39 is 10.0 Å². The minimum Gasteiger partial charge on any atom is -0.304 e. The van der Waals surface area contributed by atoms with Crippen LogP contribution in [0.3, 0.4) is 0 Å². The smallest absolute Gasteiger partial charge is 0.241 e. The maximum absolute atomic E-state index is 13.4. The van der Waals surface area contributed by atoms with Gasteiger partial charge in [-0.3, -0.25) is 9.88 Å². The van der Waals surface area contributed by atoms with Crippen LogP contribution in [0, 0.1) is 0 Å². The van der Waals surface area contributed by atoms with Gasteiger partial charge in [0.2, 0.25) is 10.0 Å². The van der Waals surface area contributed by atoms with Gasteiger partial charge in [-0.15, -0.1) is 0 Å². The van der Waals surface area contributed by atoms with Crippen molar-refractivity contribution in [2.45, 2.75) is 17.4 Å². The monoisotopic (exact) mass is 502 g/mol. The second-order valence-electron chi connectivity index (χ2n) is 8.11. The predicted octanol–water partition coefficient (Wildman–Crippen LogP) is 3.13. The molecule has 8 heteroatoms. The molecule has 4 rings (SSSR count). The summed E-state index contributed by atoms with van der Waals surface area (Å²) in [5.41, 5.74) is 1.10. The van der Waals surface area contributed by atoms with E-state index in [-0.39, 0.29) is 6.04 Å². The number of fused-ring (bicyclic) bond motifs is 1. The summed E-state index contributed by atoms with van der Waals surface area (Å²) in [6, 6.07) is 14.9. The van der Waals surface area contributed by atoms with Gasteiger partial charge in [-0.2, -0.15) is 0 Å². The number of benzene rings is 2. The first kappa shape index (κ1) is 22.4. The van der Waals surface area contributed by atoms with Gasteiger partial charge >= 0.3 is 0 Å². The second-order valence-corrected chi connectivity index (χ2v) is 10.7. The van der Waals surface area contributed by atoms with Crippen molar-refractivity contribution < 1.29 is 8.42 Å². The molecule has 0 amide bonds. The molecule has 2 aromatic carbocycles. The van der Waals surface area contributed by atoms with E-state index in [0.717, 1.165) is 41.6 Å². The van der Waals surface area contributed by atoms with Gasteiger partial charge in [0.25, 0.3) is 0 Å². The number of aromatic nitrogens is 1. The van der Waals surface area contributed by atoms with Crippen LogP contribution in [-0.4, -0.2) is 69.0 Å². The number of piperazine rings is 1. The Morgan fingerprint density at radius 2 is 1.87 bits per heavy atom. The molecule has 0 spiro atoms. The first-order valence-corrected chi connectivity index (χ1v) is 12.7. The Morgan fingerprint density at radius 3 is 2.65 bits per heavy atom. The van der Waals surface area contributed by atoms with Crippen LogP contribution in [0.25, 0.3) is 10.8 Å². The fourth-order valence-corrected chi connectivity index (χ4v) is 5.95. The molecule has 1 fully saturated rings. The highest BCUT2D eigenvalue weighted by atomic mass is 79.9. The molecule has 6 nitrogen and oxygen atoms in total. The van der Waals surface area contributed by atoms with Crippen molar-refractivity contribution in [2.24, 2.45) is 0 Å². The normalized spacial score (nSPS) is 17.1. The molecule has 1 aliphatic heterocycles. The maximum Gasteiger partial charge on any atom is 0.241 e.